The lowest BCUT2D eigenvalue weighted by Gasteiger charge is -2.15. The van der Waals surface area contributed by atoms with Gasteiger partial charge in [-0.1, -0.05) is 35.3 Å². The van der Waals surface area contributed by atoms with E-state index in [9.17, 15) is 9.59 Å². The molecule has 1 aliphatic heterocycles. The maximum absolute atomic E-state index is 12.7. The number of benzene rings is 2. The van der Waals surface area contributed by atoms with E-state index in [0.717, 1.165) is 28.2 Å². The molecular formula is C20H15Cl2N3O2. The predicted molar refractivity (Wildman–Crippen MR) is 106 cm³/mol. The number of fused-ring (bicyclic) bond motifs is 1. The zero-order chi connectivity index (χ0) is 19.1. The number of primary amides is 1. The smallest absolute Gasteiger partial charge is 0.238 e. The monoisotopic (exact) mass is 399 g/mol. The Kier molecular flexibility index (Phi) is 4.42. The Bertz CT molecular complexity index is 1050. The Labute approximate surface area is 165 Å². The second-order valence-electron chi connectivity index (χ2n) is 6.42. The number of hydrogen-bond donors (Lipinski definition) is 2. The van der Waals surface area contributed by atoms with Gasteiger partial charge >= 0.3 is 0 Å². The number of anilines is 1. The number of amides is 2. The van der Waals surface area contributed by atoms with Gasteiger partial charge in [0.05, 0.1) is 6.42 Å². The summed E-state index contributed by atoms with van der Waals surface area (Å²) in [5.74, 6) is -1.06. The fourth-order valence-electron chi connectivity index (χ4n) is 3.46. The minimum atomic E-state index is -0.513. The van der Waals surface area contributed by atoms with Gasteiger partial charge in [-0.3, -0.25) is 9.59 Å². The first-order valence-electron chi connectivity index (χ1n) is 8.28. The van der Waals surface area contributed by atoms with Gasteiger partial charge in [-0.25, -0.2) is 0 Å². The summed E-state index contributed by atoms with van der Waals surface area (Å²) in [6, 6.07) is 14.4. The van der Waals surface area contributed by atoms with E-state index in [1.165, 1.54) is 0 Å². The number of rotatable bonds is 4. The van der Waals surface area contributed by atoms with Crippen LogP contribution in [0.2, 0.25) is 10.0 Å². The molecule has 2 aromatic carbocycles. The summed E-state index contributed by atoms with van der Waals surface area (Å²) in [7, 11) is 0. The summed E-state index contributed by atoms with van der Waals surface area (Å²) < 4.78 is 1.89. The molecule has 0 fully saturated rings. The van der Waals surface area contributed by atoms with E-state index >= 15 is 0 Å². The minimum absolute atomic E-state index is 0.124. The second-order valence-corrected chi connectivity index (χ2v) is 7.29. The van der Waals surface area contributed by atoms with Gasteiger partial charge < -0.3 is 15.6 Å². The Morgan fingerprint density at radius 3 is 2.56 bits per heavy atom. The summed E-state index contributed by atoms with van der Waals surface area (Å²) in [6.07, 6.45) is 1.98. The van der Waals surface area contributed by atoms with Crippen molar-refractivity contribution in [2.75, 3.05) is 5.32 Å². The molecule has 0 spiro atoms. The van der Waals surface area contributed by atoms with Gasteiger partial charge in [0.1, 0.15) is 5.92 Å². The highest BCUT2D eigenvalue weighted by Gasteiger charge is 2.34. The molecule has 7 heteroatoms. The number of aromatic nitrogens is 1. The van der Waals surface area contributed by atoms with Crippen LogP contribution >= 0.6 is 23.2 Å². The van der Waals surface area contributed by atoms with Crippen molar-refractivity contribution in [1.82, 2.24) is 4.57 Å². The average molecular weight is 400 g/mol. The number of nitrogens with two attached hydrogens (primary N) is 1. The Hall–Kier alpha value is -2.76. The first-order chi connectivity index (χ1) is 12.9. The predicted octanol–water partition coefficient (Wildman–Crippen LogP) is 3.90. The van der Waals surface area contributed by atoms with E-state index in [0.29, 0.717) is 10.0 Å². The maximum atomic E-state index is 12.7. The number of carbonyl (C=O) groups is 2. The molecule has 3 aromatic rings. The molecule has 2 heterocycles. The second kappa shape index (κ2) is 6.76. The molecule has 136 valence electrons. The third kappa shape index (κ3) is 3.31. The molecule has 1 unspecified atom stereocenters. The molecule has 0 radical (unpaired) electrons. The van der Waals surface area contributed by atoms with Crippen molar-refractivity contribution in [1.29, 1.82) is 0 Å². The van der Waals surface area contributed by atoms with Crippen molar-refractivity contribution in [2.24, 2.45) is 5.73 Å². The minimum Gasteiger partial charge on any atom is -0.369 e. The summed E-state index contributed by atoms with van der Waals surface area (Å²) >= 11 is 12.3. The SMILES string of the molecule is NC(=O)Cc1ccc2c(c1)C(c1cccn1-c1cc(Cl)cc(Cl)c1)C(=O)N2. The molecule has 4 rings (SSSR count). The normalized spacial score (nSPS) is 15.5. The summed E-state index contributed by atoms with van der Waals surface area (Å²) in [4.78, 5) is 24.0. The van der Waals surface area contributed by atoms with Crippen molar-refractivity contribution in [3.8, 4) is 5.69 Å². The van der Waals surface area contributed by atoms with E-state index in [2.05, 4.69) is 5.32 Å². The topological polar surface area (TPSA) is 77.1 Å². The Morgan fingerprint density at radius 1 is 1.11 bits per heavy atom. The Morgan fingerprint density at radius 2 is 1.85 bits per heavy atom. The van der Waals surface area contributed by atoms with Crippen LogP contribution in [0.5, 0.6) is 0 Å². The van der Waals surface area contributed by atoms with Gasteiger partial charge in [-0.15, -0.1) is 0 Å². The molecule has 0 bridgehead atoms. The number of hydrogen-bond acceptors (Lipinski definition) is 2. The summed E-state index contributed by atoms with van der Waals surface area (Å²) in [5.41, 5.74) is 9.16. The molecule has 0 aliphatic carbocycles. The number of carbonyl (C=O) groups excluding carboxylic acids is 2. The van der Waals surface area contributed by atoms with Crippen molar-refractivity contribution in [3.63, 3.8) is 0 Å². The van der Waals surface area contributed by atoms with E-state index in [4.69, 9.17) is 28.9 Å². The molecule has 2 amide bonds. The highest BCUT2D eigenvalue weighted by atomic mass is 35.5. The van der Waals surface area contributed by atoms with Crippen LogP contribution in [0.15, 0.2) is 54.7 Å². The van der Waals surface area contributed by atoms with Crippen molar-refractivity contribution in [2.45, 2.75) is 12.3 Å². The third-order valence-electron chi connectivity index (χ3n) is 4.53. The lowest BCUT2D eigenvalue weighted by molar-refractivity contribution is -0.117. The summed E-state index contributed by atoms with van der Waals surface area (Å²) in [5, 5.41) is 3.92. The highest BCUT2D eigenvalue weighted by molar-refractivity contribution is 6.34. The van der Waals surface area contributed by atoms with Crippen molar-refractivity contribution < 1.29 is 9.59 Å². The number of nitrogens with zero attached hydrogens (tertiary/aromatic N) is 1. The molecule has 1 atom stereocenters. The molecule has 3 N–H and O–H groups in total. The van der Waals surface area contributed by atoms with Gasteiger partial charge in [0.15, 0.2) is 0 Å². The molecule has 27 heavy (non-hydrogen) atoms. The van der Waals surface area contributed by atoms with Crippen molar-refractivity contribution >= 4 is 40.7 Å². The first kappa shape index (κ1) is 17.6. The van der Waals surface area contributed by atoms with Crippen LogP contribution in [0.1, 0.15) is 22.7 Å². The van der Waals surface area contributed by atoms with Gasteiger partial charge in [0, 0.05) is 33.3 Å². The molecule has 5 nitrogen and oxygen atoms in total. The van der Waals surface area contributed by atoms with Crippen LogP contribution in [-0.4, -0.2) is 16.4 Å². The zero-order valence-electron chi connectivity index (χ0n) is 14.1. The van der Waals surface area contributed by atoms with Gasteiger partial charge in [0.25, 0.3) is 0 Å². The van der Waals surface area contributed by atoms with E-state index in [-0.39, 0.29) is 12.3 Å². The van der Waals surface area contributed by atoms with Crippen LogP contribution in [0, 0.1) is 0 Å². The van der Waals surface area contributed by atoms with Crippen LogP contribution in [0.25, 0.3) is 5.69 Å². The van der Waals surface area contributed by atoms with Crippen LogP contribution < -0.4 is 11.1 Å². The largest absolute Gasteiger partial charge is 0.369 e. The quantitative estimate of drug-likeness (QED) is 0.697. The van der Waals surface area contributed by atoms with Crippen LogP contribution in [0.3, 0.4) is 0 Å². The van der Waals surface area contributed by atoms with Gasteiger partial charge in [0.2, 0.25) is 11.8 Å². The third-order valence-corrected chi connectivity index (χ3v) is 4.96. The number of nitrogens with one attached hydrogen (secondary N) is 1. The van der Waals surface area contributed by atoms with Crippen LogP contribution in [0.4, 0.5) is 5.69 Å². The lowest BCUT2D eigenvalue weighted by atomic mass is 9.94. The molecule has 0 saturated heterocycles. The molecular weight excluding hydrogens is 385 g/mol. The summed E-state index contributed by atoms with van der Waals surface area (Å²) in [6.45, 7) is 0. The van der Waals surface area contributed by atoms with E-state index in [1.807, 2.05) is 29.0 Å². The van der Waals surface area contributed by atoms with Gasteiger partial charge in [-0.2, -0.15) is 0 Å². The van der Waals surface area contributed by atoms with Crippen molar-refractivity contribution in [3.05, 3.63) is 81.6 Å². The first-order valence-corrected chi connectivity index (χ1v) is 9.03. The zero-order valence-corrected chi connectivity index (χ0v) is 15.6. The number of halogens is 2. The molecule has 0 saturated carbocycles. The lowest BCUT2D eigenvalue weighted by Crippen LogP contribution is -2.16. The molecule has 1 aliphatic rings. The maximum Gasteiger partial charge on any atom is 0.238 e. The van der Waals surface area contributed by atoms with E-state index < -0.39 is 11.8 Å². The fraction of sp³-hybridized carbons (Fsp3) is 0.100. The van der Waals surface area contributed by atoms with Gasteiger partial charge in [-0.05, 0) is 47.5 Å². The van der Waals surface area contributed by atoms with E-state index in [1.54, 1.807) is 30.3 Å². The van der Waals surface area contributed by atoms with Crippen LogP contribution in [-0.2, 0) is 16.0 Å². The molecule has 1 aromatic heterocycles. The highest BCUT2D eigenvalue weighted by Crippen LogP contribution is 2.39. The average Bonchev–Trinajstić information content (AvgIpc) is 3.16. The Balaban J connectivity index is 1.81. The standard InChI is InChI=1S/C20H15Cl2N3O2/c21-12-8-13(22)10-14(9-12)25-5-1-2-17(25)19-15-6-11(7-18(23)26)3-4-16(15)24-20(19)27/h1-6,8-10,19H,7H2,(H2,23,26)(H,24,27). The fourth-order valence-corrected chi connectivity index (χ4v) is 3.97.